The zero-order valence-corrected chi connectivity index (χ0v) is 14.0. The minimum atomic E-state index is -0.0560. The Balaban J connectivity index is 1.42. The maximum Gasteiger partial charge on any atom is 0.317 e. The molecule has 23 heavy (non-hydrogen) atoms. The van der Waals surface area contributed by atoms with Crippen LogP contribution in [0.25, 0.3) is 0 Å². The Morgan fingerprint density at radius 3 is 2.61 bits per heavy atom. The van der Waals surface area contributed by atoms with Gasteiger partial charge in [0.25, 0.3) is 0 Å². The summed E-state index contributed by atoms with van der Waals surface area (Å²) in [5.74, 6) is 0.0524. The molecule has 0 radical (unpaired) electrons. The predicted molar refractivity (Wildman–Crippen MR) is 89.1 cm³/mol. The Kier molecular flexibility index (Phi) is 5.75. The van der Waals surface area contributed by atoms with E-state index in [0.29, 0.717) is 25.2 Å². The Labute approximate surface area is 138 Å². The number of urea groups is 1. The first kappa shape index (κ1) is 16.6. The average Bonchev–Trinajstić information content (AvgIpc) is 3.26. The molecule has 2 saturated heterocycles. The summed E-state index contributed by atoms with van der Waals surface area (Å²) in [5, 5.41) is 9.59. The van der Waals surface area contributed by atoms with Crippen LogP contribution >= 0.6 is 0 Å². The molecule has 2 aliphatic heterocycles. The van der Waals surface area contributed by atoms with E-state index >= 15 is 0 Å². The lowest BCUT2D eigenvalue weighted by atomic mass is 9.97. The lowest BCUT2D eigenvalue weighted by molar-refractivity contribution is -0.126. The normalized spacial score (nSPS) is 28.8. The van der Waals surface area contributed by atoms with E-state index in [0.717, 1.165) is 45.2 Å². The number of nitrogens with one attached hydrogen (secondary N) is 3. The number of likely N-dealkylation sites (tertiary alicyclic amines) is 1. The molecule has 0 bridgehead atoms. The molecule has 6 heteroatoms. The molecule has 130 valence electrons. The van der Waals surface area contributed by atoms with Gasteiger partial charge in [-0.15, -0.1) is 0 Å². The van der Waals surface area contributed by atoms with Crippen molar-refractivity contribution < 1.29 is 9.59 Å². The van der Waals surface area contributed by atoms with Gasteiger partial charge in [0.1, 0.15) is 0 Å². The van der Waals surface area contributed by atoms with E-state index in [-0.39, 0.29) is 17.9 Å². The first-order valence-corrected chi connectivity index (χ1v) is 9.29. The Hall–Kier alpha value is -1.30. The van der Waals surface area contributed by atoms with Gasteiger partial charge in [-0.25, -0.2) is 4.79 Å². The summed E-state index contributed by atoms with van der Waals surface area (Å²) in [7, 11) is 0. The Morgan fingerprint density at radius 1 is 1.04 bits per heavy atom. The third kappa shape index (κ3) is 4.59. The van der Waals surface area contributed by atoms with Gasteiger partial charge in [-0.05, 0) is 45.1 Å². The van der Waals surface area contributed by atoms with Crippen molar-refractivity contribution in [2.24, 2.45) is 5.92 Å². The minimum Gasteiger partial charge on any atom is -0.354 e. The Bertz CT molecular complexity index is 417. The number of amides is 3. The summed E-state index contributed by atoms with van der Waals surface area (Å²) >= 11 is 0. The van der Waals surface area contributed by atoms with Crippen LogP contribution in [0, 0.1) is 5.92 Å². The fourth-order valence-corrected chi connectivity index (χ4v) is 4.01. The SMILES string of the molecule is O=C(NCC1CCCN1)C1CCCN(C(=O)NC2CCCC2)C1. The summed E-state index contributed by atoms with van der Waals surface area (Å²) < 4.78 is 0. The molecule has 1 aliphatic carbocycles. The number of carbonyl (C=O) groups excluding carboxylic acids is 2. The molecule has 3 aliphatic rings. The fraction of sp³-hybridized carbons (Fsp3) is 0.882. The topological polar surface area (TPSA) is 73.5 Å². The number of hydrogen-bond donors (Lipinski definition) is 3. The van der Waals surface area contributed by atoms with E-state index in [1.165, 1.54) is 19.3 Å². The molecule has 3 fully saturated rings. The monoisotopic (exact) mass is 322 g/mol. The molecule has 6 nitrogen and oxygen atoms in total. The number of rotatable bonds is 4. The lowest BCUT2D eigenvalue weighted by Gasteiger charge is -2.33. The zero-order valence-electron chi connectivity index (χ0n) is 14.0. The van der Waals surface area contributed by atoms with Gasteiger partial charge in [-0.1, -0.05) is 12.8 Å². The third-order valence-electron chi connectivity index (χ3n) is 5.45. The van der Waals surface area contributed by atoms with Crippen molar-refractivity contribution in [3.05, 3.63) is 0 Å². The maximum atomic E-state index is 12.4. The first-order valence-electron chi connectivity index (χ1n) is 9.29. The number of carbonyl (C=O) groups is 2. The maximum absolute atomic E-state index is 12.4. The summed E-state index contributed by atoms with van der Waals surface area (Å²) in [6, 6.07) is 0.779. The largest absolute Gasteiger partial charge is 0.354 e. The number of nitrogens with zero attached hydrogens (tertiary/aromatic N) is 1. The molecule has 3 amide bonds. The molecule has 0 spiro atoms. The van der Waals surface area contributed by atoms with Crippen LogP contribution in [0.15, 0.2) is 0 Å². The molecule has 0 aromatic rings. The minimum absolute atomic E-state index is 0.0202. The molecule has 2 heterocycles. The van der Waals surface area contributed by atoms with Gasteiger partial charge in [-0.3, -0.25) is 4.79 Å². The highest BCUT2D eigenvalue weighted by atomic mass is 16.2. The van der Waals surface area contributed by atoms with Crippen LogP contribution < -0.4 is 16.0 Å². The molecular weight excluding hydrogens is 292 g/mol. The van der Waals surface area contributed by atoms with Crippen LogP contribution in [-0.2, 0) is 4.79 Å². The average molecular weight is 322 g/mol. The van der Waals surface area contributed by atoms with E-state index in [2.05, 4.69) is 16.0 Å². The van der Waals surface area contributed by atoms with E-state index < -0.39 is 0 Å². The van der Waals surface area contributed by atoms with Gasteiger partial charge < -0.3 is 20.9 Å². The molecular formula is C17H30N4O2. The quantitative estimate of drug-likeness (QED) is 0.728. The van der Waals surface area contributed by atoms with Crippen molar-refractivity contribution in [2.45, 2.75) is 63.5 Å². The van der Waals surface area contributed by atoms with Crippen LogP contribution in [0.4, 0.5) is 4.79 Å². The fourth-order valence-electron chi connectivity index (χ4n) is 4.01. The van der Waals surface area contributed by atoms with Crippen LogP contribution in [0.1, 0.15) is 51.4 Å². The number of hydrogen-bond acceptors (Lipinski definition) is 3. The van der Waals surface area contributed by atoms with Gasteiger partial charge >= 0.3 is 6.03 Å². The molecule has 2 atom stereocenters. The predicted octanol–water partition coefficient (Wildman–Crippen LogP) is 1.22. The third-order valence-corrected chi connectivity index (χ3v) is 5.45. The highest BCUT2D eigenvalue weighted by molar-refractivity contribution is 5.81. The van der Waals surface area contributed by atoms with E-state index in [4.69, 9.17) is 0 Å². The zero-order chi connectivity index (χ0) is 16.1. The second-order valence-electron chi connectivity index (χ2n) is 7.25. The van der Waals surface area contributed by atoms with Gasteiger partial charge in [0, 0.05) is 31.7 Å². The molecule has 3 rings (SSSR count). The van der Waals surface area contributed by atoms with Crippen molar-refractivity contribution in [3.63, 3.8) is 0 Å². The van der Waals surface area contributed by atoms with E-state index in [9.17, 15) is 9.59 Å². The smallest absolute Gasteiger partial charge is 0.317 e. The van der Waals surface area contributed by atoms with Crippen LogP contribution in [0.3, 0.4) is 0 Å². The molecule has 2 unspecified atom stereocenters. The highest BCUT2D eigenvalue weighted by Crippen LogP contribution is 2.20. The van der Waals surface area contributed by atoms with Gasteiger partial charge in [-0.2, -0.15) is 0 Å². The van der Waals surface area contributed by atoms with Crippen molar-refractivity contribution in [1.29, 1.82) is 0 Å². The van der Waals surface area contributed by atoms with Crippen molar-refractivity contribution >= 4 is 11.9 Å². The van der Waals surface area contributed by atoms with Gasteiger partial charge in [0.05, 0.1) is 5.92 Å². The summed E-state index contributed by atoms with van der Waals surface area (Å²) in [5.41, 5.74) is 0. The highest BCUT2D eigenvalue weighted by Gasteiger charge is 2.30. The molecule has 0 aromatic carbocycles. The van der Waals surface area contributed by atoms with Crippen LogP contribution in [0.2, 0.25) is 0 Å². The second kappa shape index (κ2) is 7.99. The first-order chi connectivity index (χ1) is 11.2. The van der Waals surface area contributed by atoms with Crippen molar-refractivity contribution in [2.75, 3.05) is 26.2 Å². The molecule has 1 saturated carbocycles. The number of piperidine rings is 1. The van der Waals surface area contributed by atoms with E-state index in [1.54, 1.807) is 0 Å². The molecule has 3 N–H and O–H groups in total. The Morgan fingerprint density at radius 2 is 1.87 bits per heavy atom. The van der Waals surface area contributed by atoms with E-state index in [1.807, 2.05) is 4.90 Å². The standard InChI is InChI=1S/C17H30N4O2/c22-16(19-11-15-8-3-9-18-15)13-5-4-10-21(12-13)17(23)20-14-6-1-2-7-14/h13-15,18H,1-12H2,(H,19,22)(H,20,23). The van der Waals surface area contributed by atoms with Crippen molar-refractivity contribution in [3.8, 4) is 0 Å². The van der Waals surface area contributed by atoms with Crippen LogP contribution in [0.5, 0.6) is 0 Å². The summed E-state index contributed by atoms with van der Waals surface area (Å²) in [6.07, 6.45) is 8.75. The summed E-state index contributed by atoms with van der Waals surface area (Å²) in [6.45, 7) is 3.09. The summed E-state index contributed by atoms with van der Waals surface area (Å²) in [4.78, 5) is 26.6. The molecule has 0 aromatic heterocycles. The van der Waals surface area contributed by atoms with Gasteiger partial charge in [0.15, 0.2) is 0 Å². The lowest BCUT2D eigenvalue weighted by Crippen LogP contribution is -2.51. The second-order valence-corrected chi connectivity index (χ2v) is 7.25. The van der Waals surface area contributed by atoms with Crippen LogP contribution in [-0.4, -0.2) is 55.1 Å². The van der Waals surface area contributed by atoms with Crippen molar-refractivity contribution in [1.82, 2.24) is 20.9 Å². The van der Waals surface area contributed by atoms with Gasteiger partial charge in [0.2, 0.25) is 5.91 Å².